The normalized spacial score (nSPS) is 25.3. The predicted octanol–water partition coefficient (Wildman–Crippen LogP) is 3.46. The number of hydrogen-bond donors (Lipinski definition) is 0. The molecule has 0 aliphatic heterocycles. The Labute approximate surface area is 92.7 Å². The minimum absolute atomic E-state index is 0.0767. The van der Waals surface area contributed by atoms with Crippen LogP contribution in [0.5, 0.6) is 0 Å². The van der Waals surface area contributed by atoms with Crippen LogP contribution in [0.4, 0.5) is 0 Å². The molecule has 0 heterocycles. The molecule has 1 rings (SSSR count). The van der Waals surface area contributed by atoms with Gasteiger partial charge < -0.3 is 4.74 Å². The highest BCUT2D eigenvalue weighted by Gasteiger charge is 2.33. The number of rotatable bonds is 2. The van der Waals surface area contributed by atoms with Crippen LogP contribution in [0.2, 0.25) is 0 Å². The number of carbonyl (C=O) groups is 1. The van der Waals surface area contributed by atoms with Crippen molar-refractivity contribution in [3.63, 3.8) is 0 Å². The van der Waals surface area contributed by atoms with Crippen molar-refractivity contribution in [2.45, 2.75) is 60.0 Å². The van der Waals surface area contributed by atoms with E-state index in [1.54, 1.807) is 0 Å². The number of esters is 1. The highest BCUT2D eigenvalue weighted by molar-refractivity contribution is 5.66. The van der Waals surface area contributed by atoms with Gasteiger partial charge in [0.1, 0.15) is 6.10 Å². The Hall–Kier alpha value is -0.790. The van der Waals surface area contributed by atoms with Gasteiger partial charge in [-0.25, -0.2) is 0 Å². The fraction of sp³-hybridized carbons (Fsp3) is 0.769. The standard InChI is InChI=1S/C13H22O2/c1-6-12-9(2)7-11(15-10(3)14)8-13(12,4)5/h11H,6-8H2,1-5H3/t11-/m1/s1. The minimum atomic E-state index is -0.163. The molecule has 2 nitrogen and oxygen atoms in total. The average molecular weight is 210 g/mol. The van der Waals surface area contributed by atoms with Crippen molar-refractivity contribution in [3.8, 4) is 0 Å². The Kier molecular flexibility index (Phi) is 3.58. The highest BCUT2D eigenvalue weighted by Crippen LogP contribution is 2.42. The maximum atomic E-state index is 10.9. The summed E-state index contributed by atoms with van der Waals surface area (Å²) in [5.74, 6) is -0.163. The predicted molar refractivity (Wildman–Crippen MR) is 61.6 cm³/mol. The van der Waals surface area contributed by atoms with Gasteiger partial charge in [0.2, 0.25) is 0 Å². The van der Waals surface area contributed by atoms with Gasteiger partial charge in [-0.2, -0.15) is 0 Å². The van der Waals surface area contributed by atoms with E-state index in [4.69, 9.17) is 4.74 Å². The molecule has 1 aliphatic rings. The summed E-state index contributed by atoms with van der Waals surface area (Å²) in [6.45, 7) is 10.3. The van der Waals surface area contributed by atoms with Gasteiger partial charge >= 0.3 is 5.97 Å². The lowest BCUT2D eigenvalue weighted by molar-refractivity contribution is -0.147. The Morgan fingerprint density at radius 2 is 2.13 bits per heavy atom. The van der Waals surface area contributed by atoms with Crippen molar-refractivity contribution in [1.82, 2.24) is 0 Å². The quantitative estimate of drug-likeness (QED) is 0.515. The molecule has 0 saturated carbocycles. The third-order valence-electron chi connectivity index (χ3n) is 3.29. The first-order chi connectivity index (χ1) is 6.86. The largest absolute Gasteiger partial charge is 0.462 e. The molecule has 1 aliphatic carbocycles. The summed E-state index contributed by atoms with van der Waals surface area (Å²) in [6.07, 6.45) is 3.04. The molecule has 2 heteroatoms. The molecule has 0 aromatic heterocycles. The van der Waals surface area contributed by atoms with Gasteiger partial charge in [-0.05, 0) is 25.2 Å². The van der Waals surface area contributed by atoms with E-state index in [1.807, 2.05) is 0 Å². The lowest BCUT2D eigenvalue weighted by atomic mass is 9.70. The number of ether oxygens (including phenoxy) is 1. The zero-order valence-electron chi connectivity index (χ0n) is 10.5. The van der Waals surface area contributed by atoms with Crippen molar-refractivity contribution in [2.24, 2.45) is 5.41 Å². The van der Waals surface area contributed by atoms with Gasteiger partial charge in [0.25, 0.3) is 0 Å². The van der Waals surface area contributed by atoms with Crippen LogP contribution < -0.4 is 0 Å². The topological polar surface area (TPSA) is 26.3 Å². The molecule has 0 bridgehead atoms. The van der Waals surface area contributed by atoms with E-state index >= 15 is 0 Å². The van der Waals surface area contributed by atoms with E-state index in [0.29, 0.717) is 0 Å². The molecular formula is C13H22O2. The van der Waals surface area contributed by atoms with Crippen LogP contribution in [0.15, 0.2) is 11.1 Å². The molecule has 0 N–H and O–H groups in total. The maximum Gasteiger partial charge on any atom is 0.302 e. The Bertz CT molecular complexity index is 287. The Balaban J connectivity index is 2.84. The van der Waals surface area contributed by atoms with Crippen molar-refractivity contribution in [1.29, 1.82) is 0 Å². The zero-order chi connectivity index (χ0) is 11.6. The molecule has 0 radical (unpaired) electrons. The first-order valence-electron chi connectivity index (χ1n) is 5.73. The van der Waals surface area contributed by atoms with E-state index in [9.17, 15) is 4.79 Å². The summed E-state index contributed by atoms with van der Waals surface area (Å²) >= 11 is 0. The maximum absolute atomic E-state index is 10.9. The first-order valence-corrected chi connectivity index (χ1v) is 5.73. The van der Waals surface area contributed by atoms with Crippen LogP contribution in [0.1, 0.15) is 53.9 Å². The van der Waals surface area contributed by atoms with Crippen LogP contribution in [-0.4, -0.2) is 12.1 Å². The monoisotopic (exact) mass is 210 g/mol. The van der Waals surface area contributed by atoms with E-state index in [-0.39, 0.29) is 17.5 Å². The van der Waals surface area contributed by atoms with Gasteiger partial charge in [0, 0.05) is 13.3 Å². The average Bonchev–Trinajstić information content (AvgIpc) is 1.99. The second-order valence-electron chi connectivity index (χ2n) is 5.14. The third-order valence-corrected chi connectivity index (χ3v) is 3.29. The van der Waals surface area contributed by atoms with Crippen molar-refractivity contribution < 1.29 is 9.53 Å². The van der Waals surface area contributed by atoms with Crippen LogP contribution in [-0.2, 0) is 9.53 Å². The van der Waals surface area contributed by atoms with Crippen LogP contribution in [0, 0.1) is 5.41 Å². The molecule has 1 atom stereocenters. The number of allylic oxidation sites excluding steroid dienone is 1. The van der Waals surface area contributed by atoms with Crippen molar-refractivity contribution in [3.05, 3.63) is 11.1 Å². The zero-order valence-corrected chi connectivity index (χ0v) is 10.5. The fourth-order valence-electron chi connectivity index (χ4n) is 2.91. The van der Waals surface area contributed by atoms with Gasteiger partial charge in [0.05, 0.1) is 0 Å². The summed E-state index contributed by atoms with van der Waals surface area (Å²) in [5.41, 5.74) is 3.11. The van der Waals surface area contributed by atoms with Gasteiger partial charge in [-0.1, -0.05) is 31.9 Å². The molecule has 0 fully saturated rings. The summed E-state index contributed by atoms with van der Waals surface area (Å²) < 4.78 is 5.32. The molecule has 15 heavy (non-hydrogen) atoms. The SMILES string of the molecule is CCC1=C(C)C[C@@H](OC(C)=O)CC1(C)C. The second kappa shape index (κ2) is 4.38. The first kappa shape index (κ1) is 12.3. The van der Waals surface area contributed by atoms with E-state index in [2.05, 4.69) is 27.7 Å². The molecule has 0 aromatic rings. The van der Waals surface area contributed by atoms with Gasteiger partial charge in [-0.15, -0.1) is 0 Å². The van der Waals surface area contributed by atoms with Crippen LogP contribution >= 0.6 is 0 Å². The second-order valence-corrected chi connectivity index (χ2v) is 5.14. The Morgan fingerprint density at radius 1 is 1.53 bits per heavy atom. The smallest absolute Gasteiger partial charge is 0.302 e. The van der Waals surface area contributed by atoms with E-state index in [1.165, 1.54) is 18.1 Å². The molecule has 0 aromatic carbocycles. The van der Waals surface area contributed by atoms with Crippen LogP contribution in [0.3, 0.4) is 0 Å². The molecule has 86 valence electrons. The van der Waals surface area contributed by atoms with Crippen molar-refractivity contribution >= 4 is 5.97 Å². The minimum Gasteiger partial charge on any atom is -0.462 e. The summed E-state index contributed by atoms with van der Waals surface area (Å²) in [6, 6.07) is 0. The summed E-state index contributed by atoms with van der Waals surface area (Å²) in [7, 11) is 0. The van der Waals surface area contributed by atoms with Crippen molar-refractivity contribution in [2.75, 3.05) is 0 Å². The molecule has 0 spiro atoms. The Morgan fingerprint density at radius 3 is 2.53 bits per heavy atom. The number of carbonyl (C=O) groups excluding carboxylic acids is 1. The summed E-state index contributed by atoms with van der Waals surface area (Å²) in [4.78, 5) is 10.9. The molecular weight excluding hydrogens is 188 g/mol. The lowest BCUT2D eigenvalue weighted by Crippen LogP contribution is -2.31. The lowest BCUT2D eigenvalue weighted by Gasteiger charge is -2.38. The fourth-order valence-corrected chi connectivity index (χ4v) is 2.91. The summed E-state index contributed by atoms with van der Waals surface area (Å²) in [5, 5.41) is 0. The third kappa shape index (κ3) is 2.83. The van der Waals surface area contributed by atoms with Crippen LogP contribution in [0.25, 0.3) is 0 Å². The molecule has 0 unspecified atom stereocenters. The molecule has 0 amide bonds. The number of hydrogen-bond acceptors (Lipinski definition) is 2. The van der Waals surface area contributed by atoms with E-state index in [0.717, 1.165) is 19.3 Å². The van der Waals surface area contributed by atoms with Gasteiger partial charge in [0.15, 0.2) is 0 Å². The molecule has 0 saturated heterocycles. The van der Waals surface area contributed by atoms with E-state index < -0.39 is 0 Å². The van der Waals surface area contributed by atoms with Gasteiger partial charge in [-0.3, -0.25) is 4.79 Å². The highest BCUT2D eigenvalue weighted by atomic mass is 16.5.